The molecule has 4 heteroatoms. The van der Waals surface area contributed by atoms with Gasteiger partial charge in [-0.25, -0.2) is 0 Å². The van der Waals surface area contributed by atoms with E-state index in [1.807, 2.05) is 6.07 Å². The summed E-state index contributed by atoms with van der Waals surface area (Å²) >= 11 is 0. The highest BCUT2D eigenvalue weighted by atomic mass is 35.5. The predicted octanol–water partition coefficient (Wildman–Crippen LogP) is 3.11. The second kappa shape index (κ2) is 7.47. The Morgan fingerprint density at radius 1 is 1.36 bits per heavy atom. The summed E-state index contributed by atoms with van der Waals surface area (Å²) in [6.45, 7) is 4.79. The normalized spacial score (nSPS) is 28.3. The van der Waals surface area contributed by atoms with E-state index < -0.39 is 0 Å². The quantitative estimate of drug-likeness (QED) is 0.894. The first-order valence-corrected chi connectivity index (χ1v) is 8.26. The van der Waals surface area contributed by atoms with Crippen LogP contribution in [0, 0.1) is 11.3 Å². The minimum absolute atomic E-state index is 0. The lowest BCUT2D eigenvalue weighted by molar-refractivity contribution is -0.134. The lowest BCUT2D eigenvalue weighted by atomic mass is 9.67. The molecule has 1 aliphatic heterocycles. The lowest BCUT2D eigenvalue weighted by Gasteiger charge is -2.37. The maximum Gasteiger partial charge on any atom is 0.227 e. The third-order valence-electron chi connectivity index (χ3n) is 5.43. The van der Waals surface area contributed by atoms with E-state index in [-0.39, 0.29) is 23.7 Å². The van der Waals surface area contributed by atoms with E-state index in [4.69, 9.17) is 0 Å². The van der Waals surface area contributed by atoms with Gasteiger partial charge in [0.15, 0.2) is 0 Å². The van der Waals surface area contributed by atoms with Crippen molar-refractivity contribution in [2.24, 2.45) is 11.3 Å². The highest BCUT2D eigenvalue weighted by Gasteiger charge is 2.49. The number of fused-ring (bicyclic) bond motifs is 1. The Labute approximate surface area is 139 Å². The molecule has 1 heterocycles. The van der Waals surface area contributed by atoms with E-state index in [1.165, 1.54) is 24.8 Å². The van der Waals surface area contributed by atoms with Gasteiger partial charge in [0.1, 0.15) is 0 Å². The first-order valence-electron chi connectivity index (χ1n) is 8.26. The van der Waals surface area contributed by atoms with Gasteiger partial charge in [0.2, 0.25) is 5.91 Å². The van der Waals surface area contributed by atoms with Crippen LogP contribution in [0.5, 0.6) is 0 Å². The van der Waals surface area contributed by atoms with Gasteiger partial charge in [0, 0.05) is 13.1 Å². The van der Waals surface area contributed by atoms with E-state index in [2.05, 4.69) is 41.8 Å². The molecule has 1 amide bonds. The van der Waals surface area contributed by atoms with Gasteiger partial charge in [0.05, 0.1) is 5.41 Å². The van der Waals surface area contributed by atoms with E-state index in [0.29, 0.717) is 11.8 Å². The van der Waals surface area contributed by atoms with Crippen LogP contribution < -0.4 is 10.6 Å². The van der Waals surface area contributed by atoms with Crippen LogP contribution in [-0.4, -0.2) is 25.5 Å². The Balaban J connectivity index is 0.00000176. The second-order valence-electron chi connectivity index (χ2n) is 6.75. The zero-order valence-corrected chi connectivity index (χ0v) is 14.1. The summed E-state index contributed by atoms with van der Waals surface area (Å²) in [6.07, 6.45) is 4.73. The molecule has 122 valence electrons. The molecule has 1 aromatic carbocycles. The van der Waals surface area contributed by atoms with Gasteiger partial charge >= 0.3 is 0 Å². The summed E-state index contributed by atoms with van der Waals surface area (Å²) in [6, 6.07) is 10.4. The van der Waals surface area contributed by atoms with Crippen molar-refractivity contribution < 1.29 is 4.79 Å². The largest absolute Gasteiger partial charge is 0.355 e. The lowest BCUT2D eigenvalue weighted by Crippen LogP contribution is -2.48. The number of halogens is 1. The van der Waals surface area contributed by atoms with Gasteiger partial charge in [0.25, 0.3) is 0 Å². The van der Waals surface area contributed by atoms with Crippen LogP contribution in [-0.2, 0) is 4.79 Å². The molecule has 1 unspecified atom stereocenters. The molecule has 1 saturated carbocycles. The molecule has 0 aromatic heterocycles. The summed E-state index contributed by atoms with van der Waals surface area (Å²) in [5.41, 5.74) is 1.16. The van der Waals surface area contributed by atoms with Crippen molar-refractivity contribution in [3.63, 3.8) is 0 Å². The van der Waals surface area contributed by atoms with Crippen molar-refractivity contribution in [2.45, 2.75) is 38.5 Å². The Kier molecular flexibility index (Phi) is 5.87. The number of benzene rings is 1. The van der Waals surface area contributed by atoms with Gasteiger partial charge in [-0.15, -0.1) is 12.4 Å². The third-order valence-corrected chi connectivity index (χ3v) is 5.43. The van der Waals surface area contributed by atoms with Gasteiger partial charge < -0.3 is 10.6 Å². The molecule has 3 rings (SSSR count). The Hall–Kier alpha value is -1.06. The molecule has 0 bridgehead atoms. The summed E-state index contributed by atoms with van der Waals surface area (Å²) < 4.78 is 0. The van der Waals surface area contributed by atoms with Crippen LogP contribution in [0.4, 0.5) is 0 Å². The van der Waals surface area contributed by atoms with E-state index in [1.54, 1.807) is 0 Å². The van der Waals surface area contributed by atoms with Crippen molar-refractivity contribution in [1.82, 2.24) is 10.6 Å². The molecule has 0 spiro atoms. The summed E-state index contributed by atoms with van der Waals surface area (Å²) in [4.78, 5) is 12.8. The number of rotatable bonds is 4. The Bertz CT molecular complexity index is 493. The van der Waals surface area contributed by atoms with Gasteiger partial charge in [-0.2, -0.15) is 0 Å². The number of carbonyl (C=O) groups excluding carboxylic acids is 1. The summed E-state index contributed by atoms with van der Waals surface area (Å²) in [7, 11) is 0. The van der Waals surface area contributed by atoms with Crippen LogP contribution in [0.3, 0.4) is 0 Å². The molecule has 0 radical (unpaired) electrons. The predicted molar refractivity (Wildman–Crippen MR) is 92.4 cm³/mol. The van der Waals surface area contributed by atoms with Crippen LogP contribution in [0.15, 0.2) is 30.3 Å². The zero-order valence-electron chi connectivity index (χ0n) is 13.3. The van der Waals surface area contributed by atoms with E-state index >= 15 is 0 Å². The molecule has 2 aliphatic rings. The minimum Gasteiger partial charge on any atom is -0.355 e. The van der Waals surface area contributed by atoms with Crippen molar-refractivity contribution in [3.8, 4) is 0 Å². The Morgan fingerprint density at radius 2 is 2.14 bits per heavy atom. The highest BCUT2D eigenvalue weighted by molar-refractivity contribution is 5.85. The zero-order chi connectivity index (χ0) is 14.7. The van der Waals surface area contributed by atoms with Gasteiger partial charge in [-0.05, 0) is 36.8 Å². The molecule has 1 aliphatic carbocycles. The Morgan fingerprint density at radius 3 is 2.91 bits per heavy atom. The summed E-state index contributed by atoms with van der Waals surface area (Å²) in [5, 5.41) is 6.68. The third kappa shape index (κ3) is 3.31. The topological polar surface area (TPSA) is 41.1 Å². The number of hydrogen-bond donors (Lipinski definition) is 2. The molecule has 3 nitrogen and oxygen atoms in total. The molecular formula is C18H27ClN2O. The molecule has 2 fully saturated rings. The fourth-order valence-corrected chi connectivity index (χ4v) is 4.01. The van der Waals surface area contributed by atoms with Crippen LogP contribution in [0.25, 0.3) is 0 Å². The molecule has 22 heavy (non-hydrogen) atoms. The van der Waals surface area contributed by atoms with Crippen LogP contribution in [0.2, 0.25) is 0 Å². The molecule has 1 saturated heterocycles. The maximum atomic E-state index is 12.8. The highest BCUT2D eigenvalue weighted by Crippen LogP contribution is 2.43. The van der Waals surface area contributed by atoms with Crippen molar-refractivity contribution in [3.05, 3.63) is 35.9 Å². The van der Waals surface area contributed by atoms with Gasteiger partial charge in [-0.1, -0.05) is 50.1 Å². The van der Waals surface area contributed by atoms with Crippen LogP contribution in [0.1, 0.15) is 44.1 Å². The first-order chi connectivity index (χ1) is 10.2. The number of carbonyl (C=O) groups is 1. The maximum absolute atomic E-state index is 12.8. The van der Waals surface area contributed by atoms with Crippen molar-refractivity contribution in [1.29, 1.82) is 0 Å². The van der Waals surface area contributed by atoms with Crippen molar-refractivity contribution >= 4 is 18.3 Å². The second-order valence-corrected chi connectivity index (χ2v) is 6.75. The van der Waals surface area contributed by atoms with Crippen LogP contribution >= 0.6 is 12.4 Å². The fraction of sp³-hybridized carbons (Fsp3) is 0.611. The number of nitrogens with one attached hydrogen (secondary N) is 2. The van der Waals surface area contributed by atoms with Gasteiger partial charge in [-0.3, -0.25) is 4.79 Å². The summed E-state index contributed by atoms with van der Waals surface area (Å²) in [5.74, 6) is 1.18. The number of amides is 1. The molecular weight excluding hydrogens is 296 g/mol. The SMILES string of the molecule is CC(CNC(=O)[C@@]12CCCC[C@H]1CNC2)c1ccccc1.Cl. The molecule has 3 atom stereocenters. The molecule has 1 aromatic rings. The smallest absolute Gasteiger partial charge is 0.227 e. The minimum atomic E-state index is -0.130. The first kappa shape index (κ1) is 17.3. The monoisotopic (exact) mass is 322 g/mol. The van der Waals surface area contributed by atoms with Crippen molar-refractivity contribution in [2.75, 3.05) is 19.6 Å². The average molecular weight is 323 g/mol. The molecule has 2 N–H and O–H groups in total. The number of hydrogen-bond acceptors (Lipinski definition) is 2. The van der Waals surface area contributed by atoms with E-state index in [0.717, 1.165) is 26.1 Å². The standard InChI is InChI=1S/C18H26N2O.ClH/c1-14(15-7-3-2-4-8-15)11-20-17(21)18-10-6-5-9-16(18)12-19-13-18;/h2-4,7-8,14,16,19H,5-6,9-13H2,1H3,(H,20,21);1H/t14?,16-,18+;/m0./s1. The van der Waals surface area contributed by atoms with E-state index in [9.17, 15) is 4.79 Å². The fourth-order valence-electron chi connectivity index (χ4n) is 4.01. The average Bonchev–Trinajstić information content (AvgIpc) is 2.98.